The number of carbonyl (C=O) groups is 1. The van der Waals surface area contributed by atoms with Crippen LogP contribution in [0.3, 0.4) is 0 Å². The third kappa shape index (κ3) is 5.09. The molecule has 2 fully saturated rings. The lowest BCUT2D eigenvalue weighted by atomic mass is 9.81. The Hall–Kier alpha value is -4.10. The lowest BCUT2D eigenvalue weighted by Crippen LogP contribution is -2.33. The van der Waals surface area contributed by atoms with Crippen LogP contribution in [0, 0.1) is 17.2 Å². The maximum atomic E-state index is 13.1. The van der Waals surface area contributed by atoms with Gasteiger partial charge in [-0.3, -0.25) is 4.79 Å². The zero-order valence-corrected chi connectivity index (χ0v) is 23.1. The minimum Gasteiger partial charge on any atom is -0.357 e. The van der Waals surface area contributed by atoms with Crippen molar-refractivity contribution in [1.82, 2.24) is 19.7 Å². The summed E-state index contributed by atoms with van der Waals surface area (Å²) < 4.78 is 25.7. The molecule has 0 radical (unpaired) electrons. The van der Waals surface area contributed by atoms with Gasteiger partial charge in [0.15, 0.2) is 21.3 Å². The first-order valence-corrected chi connectivity index (χ1v) is 15.7. The van der Waals surface area contributed by atoms with E-state index in [1.807, 2.05) is 42.5 Å². The van der Waals surface area contributed by atoms with E-state index >= 15 is 0 Å². The van der Waals surface area contributed by atoms with E-state index in [-0.39, 0.29) is 11.6 Å². The van der Waals surface area contributed by atoms with Crippen molar-refractivity contribution in [2.75, 3.05) is 30.0 Å². The number of pyridine rings is 2. The Morgan fingerprint density at radius 2 is 1.82 bits per heavy atom. The highest BCUT2D eigenvalue weighted by molar-refractivity contribution is 7.91. The van der Waals surface area contributed by atoms with Crippen LogP contribution in [0.4, 0.5) is 5.82 Å². The molecule has 204 valence electrons. The third-order valence-electron chi connectivity index (χ3n) is 7.90. The van der Waals surface area contributed by atoms with Gasteiger partial charge in [-0.1, -0.05) is 24.6 Å². The minimum absolute atomic E-state index is 0.0906. The average molecular weight is 555 g/mol. The Labute approximate surface area is 233 Å². The van der Waals surface area contributed by atoms with Crippen molar-refractivity contribution in [2.24, 2.45) is 5.92 Å². The fourth-order valence-corrected chi connectivity index (χ4v) is 6.14. The van der Waals surface area contributed by atoms with E-state index in [9.17, 15) is 18.5 Å². The van der Waals surface area contributed by atoms with Crippen LogP contribution in [-0.2, 0) is 9.84 Å². The molecule has 4 heterocycles. The van der Waals surface area contributed by atoms with Crippen LogP contribution in [0.25, 0.3) is 27.8 Å². The van der Waals surface area contributed by atoms with E-state index in [0.717, 1.165) is 85.2 Å². The fraction of sp³-hybridized carbons (Fsp3) is 0.367. The van der Waals surface area contributed by atoms with E-state index < -0.39 is 21.4 Å². The second-order valence-corrected chi connectivity index (χ2v) is 12.9. The van der Waals surface area contributed by atoms with Gasteiger partial charge in [0.05, 0.1) is 22.8 Å². The van der Waals surface area contributed by atoms with Gasteiger partial charge in [0.25, 0.3) is 0 Å². The largest absolute Gasteiger partial charge is 0.357 e. The number of aromatic nitrogens is 4. The average Bonchev–Trinajstić information content (AvgIpc) is 3.30. The standard InChI is InChI=1S/C30H30N6O3S/c1-40(38,39)19-26(37)25-16-24(22-10-11-27(32-18-22)35-14-12-20(17-31)13-15-35)28-29(21-6-5-7-21)34-36(30(28)33-25)23-8-3-2-4-9-23/h2-4,8-11,16,18,20-21H,5-7,12-15,19H2,1H3. The van der Waals surface area contributed by atoms with E-state index in [4.69, 9.17) is 15.1 Å². The summed E-state index contributed by atoms with van der Waals surface area (Å²) in [5.74, 6) is 0.0592. The highest BCUT2D eigenvalue weighted by Gasteiger charge is 2.30. The topological polar surface area (TPSA) is 122 Å². The molecule has 0 atom stereocenters. The molecule has 9 nitrogen and oxygen atoms in total. The zero-order valence-electron chi connectivity index (χ0n) is 22.3. The van der Waals surface area contributed by atoms with E-state index in [0.29, 0.717) is 11.6 Å². The number of carbonyl (C=O) groups excluding carboxylic acids is 1. The van der Waals surface area contributed by atoms with Gasteiger partial charge in [0.2, 0.25) is 0 Å². The first-order chi connectivity index (χ1) is 19.3. The Morgan fingerprint density at radius 3 is 2.42 bits per heavy atom. The molecule has 0 unspecified atom stereocenters. The predicted molar refractivity (Wildman–Crippen MR) is 153 cm³/mol. The molecule has 1 saturated carbocycles. The van der Waals surface area contributed by atoms with Crippen LogP contribution in [0.2, 0.25) is 0 Å². The molecular formula is C30H30N6O3S. The monoisotopic (exact) mass is 554 g/mol. The molecule has 1 saturated heterocycles. The highest BCUT2D eigenvalue weighted by Crippen LogP contribution is 2.43. The molecule has 0 spiro atoms. The molecule has 0 bridgehead atoms. The van der Waals surface area contributed by atoms with Crippen LogP contribution in [-0.4, -0.2) is 59.0 Å². The van der Waals surface area contributed by atoms with Gasteiger partial charge in [-0.05, 0) is 61.6 Å². The highest BCUT2D eigenvalue weighted by atomic mass is 32.2. The molecule has 40 heavy (non-hydrogen) atoms. The van der Waals surface area contributed by atoms with Crippen molar-refractivity contribution >= 4 is 32.5 Å². The molecule has 2 aliphatic rings. The van der Waals surface area contributed by atoms with Gasteiger partial charge in [-0.15, -0.1) is 0 Å². The molecule has 0 amide bonds. The molecule has 6 rings (SSSR count). The van der Waals surface area contributed by atoms with E-state index in [1.54, 1.807) is 16.9 Å². The predicted octanol–water partition coefficient (Wildman–Crippen LogP) is 4.72. The van der Waals surface area contributed by atoms with Crippen molar-refractivity contribution < 1.29 is 13.2 Å². The quantitative estimate of drug-likeness (QED) is 0.301. The summed E-state index contributed by atoms with van der Waals surface area (Å²) in [6.45, 7) is 1.56. The normalized spacial score (nSPS) is 16.6. The van der Waals surface area contributed by atoms with Gasteiger partial charge in [0.1, 0.15) is 17.3 Å². The van der Waals surface area contributed by atoms with Crippen LogP contribution < -0.4 is 4.90 Å². The molecule has 1 aromatic carbocycles. The molecule has 10 heteroatoms. The third-order valence-corrected chi connectivity index (χ3v) is 8.68. The summed E-state index contributed by atoms with van der Waals surface area (Å²) >= 11 is 0. The summed E-state index contributed by atoms with van der Waals surface area (Å²) in [7, 11) is -3.54. The number of nitriles is 1. The smallest absolute Gasteiger partial charge is 0.196 e. The van der Waals surface area contributed by atoms with Gasteiger partial charge in [-0.2, -0.15) is 10.4 Å². The number of benzene rings is 1. The van der Waals surface area contributed by atoms with Gasteiger partial charge in [0, 0.05) is 42.9 Å². The van der Waals surface area contributed by atoms with Gasteiger partial charge < -0.3 is 4.90 Å². The summed E-state index contributed by atoms with van der Waals surface area (Å²) in [4.78, 5) is 24.8. The van der Waals surface area contributed by atoms with E-state index in [2.05, 4.69) is 11.0 Å². The number of para-hydroxylation sites is 1. The SMILES string of the molecule is CS(=O)(=O)CC(=O)c1cc(-c2ccc(N3CCC(C#N)CC3)nc2)c2c(C3CCC3)nn(-c3ccccc3)c2n1. The first kappa shape index (κ1) is 26.1. The maximum Gasteiger partial charge on any atom is 0.196 e. The summed E-state index contributed by atoms with van der Waals surface area (Å²) in [5, 5.41) is 15.1. The summed E-state index contributed by atoms with van der Waals surface area (Å²) in [5.41, 5.74) is 3.96. The molecule has 4 aromatic rings. The molecule has 0 N–H and O–H groups in total. The number of fused-ring (bicyclic) bond motifs is 1. The Balaban J connectivity index is 1.50. The number of anilines is 1. The number of piperidine rings is 1. The maximum absolute atomic E-state index is 13.1. The zero-order chi connectivity index (χ0) is 27.9. The summed E-state index contributed by atoms with van der Waals surface area (Å²) in [6, 6.07) is 17.7. The second-order valence-electron chi connectivity index (χ2n) is 10.8. The Bertz CT molecular complexity index is 1710. The lowest BCUT2D eigenvalue weighted by molar-refractivity contribution is 0.101. The summed E-state index contributed by atoms with van der Waals surface area (Å²) in [6.07, 6.45) is 7.69. The lowest BCUT2D eigenvalue weighted by Gasteiger charge is -2.30. The van der Waals surface area contributed by atoms with Crippen LogP contribution in [0.5, 0.6) is 0 Å². The fourth-order valence-electron chi connectivity index (χ4n) is 5.51. The second kappa shape index (κ2) is 10.5. The van der Waals surface area contributed by atoms with Crippen molar-refractivity contribution in [3.05, 3.63) is 66.1 Å². The van der Waals surface area contributed by atoms with Crippen LogP contribution >= 0.6 is 0 Å². The number of Topliss-reactive ketones (excluding diaryl/α,β-unsaturated/α-hetero) is 1. The van der Waals surface area contributed by atoms with Crippen molar-refractivity contribution in [2.45, 2.75) is 38.0 Å². The minimum atomic E-state index is -3.54. The van der Waals surface area contributed by atoms with Gasteiger partial charge >= 0.3 is 0 Å². The van der Waals surface area contributed by atoms with Crippen molar-refractivity contribution in [1.29, 1.82) is 5.26 Å². The van der Waals surface area contributed by atoms with Crippen LogP contribution in [0.15, 0.2) is 54.7 Å². The number of rotatable bonds is 7. The molecule has 1 aliphatic heterocycles. The van der Waals surface area contributed by atoms with E-state index in [1.165, 1.54) is 0 Å². The Morgan fingerprint density at radius 1 is 1.07 bits per heavy atom. The first-order valence-electron chi connectivity index (χ1n) is 13.6. The molecular weight excluding hydrogens is 524 g/mol. The number of hydrogen-bond donors (Lipinski definition) is 0. The molecule has 3 aromatic heterocycles. The number of nitrogens with zero attached hydrogens (tertiary/aromatic N) is 6. The Kier molecular flexibility index (Phi) is 6.84. The van der Waals surface area contributed by atoms with Crippen molar-refractivity contribution in [3.63, 3.8) is 0 Å². The molecule has 1 aliphatic carbocycles. The number of sulfone groups is 1. The van der Waals surface area contributed by atoms with Crippen LogP contribution in [0.1, 0.15) is 54.2 Å². The number of hydrogen-bond acceptors (Lipinski definition) is 8. The number of ketones is 1. The van der Waals surface area contributed by atoms with Crippen molar-refractivity contribution in [3.8, 4) is 22.9 Å². The van der Waals surface area contributed by atoms with Gasteiger partial charge in [-0.25, -0.2) is 23.1 Å².